The Morgan fingerprint density at radius 1 is 1.39 bits per heavy atom. The van der Waals surface area contributed by atoms with Crippen LogP contribution in [0.5, 0.6) is 0 Å². The molecular weight excluding hydrogens is 245 g/mol. The van der Waals surface area contributed by atoms with Gasteiger partial charge in [-0.25, -0.2) is 4.98 Å². The summed E-state index contributed by atoms with van der Waals surface area (Å²) in [5, 5.41) is 12.0. The highest BCUT2D eigenvalue weighted by Gasteiger charge is 2.35. The van der Waals surface area contributed by atoms with Gasteiger partial charge < -0.3 is 10.4 Å². The lowest BCUT2D eigenvalue weighted by Gasteiger charge is -2.21. The van der Waals surface area contributed by atoms with Crippen LogP contribution in [0.15, 0.2) is 18.3 Å². The normalized spacial score (nSPS) is 24.2. The van der Waals surface area contributed by atoms with Crippen molar-refractivity contribution in [3.05, 3.63) is 23.9 Å². The summed E-state index contributed by atoms with van der Waals surface area (Å²) in [6.07, 6.45) is -0.567. The summed E-state index contributed by atoms with van der Waals surface area (Å²) < 4.78 is 38.3. The molecule has 2 N–H and O–H groups in total. The Kier molecular flexibility index (Phi) is 3.75. The van der Waals surface area contributed by atoms with Crippen molar-refractivity contribution in [2.24, 2.45) is 5.92 Å². The van der Waals surface area contributed by atoms with E-state index in [1.165, 1.54) is 12.3 Å². The zero-order valence-corrected chi connectivity index (χ0v) is 9.74. The number of alkyl halides is 3. The van der Waals surface area contributed by atoms with E-state index in [0.29, 0.717) is 0 Å². The van der Waals surface area contributed by atoms with Crippen LogP contribution in [0.2, 0.25) is 0 Å². The summed E-state index contributed by atoms with van der Waals surface area (Å²) in [5.41, 5.74) is -0.756. The summed E-state index contributed by atoms with van der Waals surface area (Å²) >= 11 is 0. The van der Waals surface area contributed by atoms with Crippen LogP contribution in [0.25, 0.3) is 0 Å². The molecule has 2 unspecified atom stereocenters. The molecule has 2 rings (SSSR count). The number of aromatic nitrogens is 1. The molecule has 1 saturated carbocycles. The van der Waals surface area contributed by atoms with E-state index in [2.05, 4.69) is 10.3 Å². The standard InChI is InChI=1S/C12H15F3N2O/c13-12(14,15)9-4-2-6-16-11(9)17-10-5-1-3-8(10)7-18/h2,4,6,8,10,18H,1,3,5,7H2,(H,16,17). The fraction of sp³-hybridized carbons (Fsp3) is 0.583. The first-order valence-corrected chi connectivity index (χ1v) is 5.92. The predicted molar refractivity (Wildman–Crippen MR) is 61.1 cm³/mol. The van der Waals surface area contributed by atoms with Gasteiger partial charge in [-0.15, -0.1) is 0 Å². The number of aliphatic hydroxyl groups is 1. The van der Waals surface area contributed by atoms with Crippen LogP contribution in [-0.2, 0) is 6.18 Å². The average molecular weight is 260 g/mol. The van der Waals surface area contributed by atoms with E-state index in [4.69, 9.17) is 5.11 Å². The molecule has 1 aromatic heterocycles. The van der Waals surface area contributed by atoms with Crippen molar-refractivity contribution in [2.45, 2.75) is 31.5 Å². The fourth-order valence-electron chi connectivity index (χ4n) is 2.37. The van der Waals surface area contributed by atoms with Crippen molar-refractivity contribution >= 4 is 5.82 Å². The Morgan fingerprint density at radius 2 is 2.17 bits per heavy atom. The number of aliphatic hydroxyl groups excluding tert-OH is 1. The minimum Gasteiger partial charge on any atom is -0.396 e. The van der Waals surface area contributed by atoms with Crippen LogP contribution in [0.4, 0.5) is 19.0 Å². The largest absolute Gasteiger partial charge is 0.419 e. The number of rotatable bonds is 3. The Bertz CT molecular complexity index is 409. The van der Waals surface area contributed by atoms with Gasteiger partial charge in [0, 0.05) is 24.8 Å². The number of hydrogen-bond donors (Lipinski definition) is 2. The van der Waals surface area contributed by atoms with Crippen LogP contribution in [0, 0.1) is 5.92 Å². The second-order valence-electron chi connectivity index (χ2n) is 4.52. The molecule has 0 aliphatic heterocycles. The molecule has 0 bridgehead atoms. The lowest BCUT2D eigenvalue weighted by molar-refractivity contribution is -0.137. The third kappa shape index (κ3) is 2.75. The molecule has 3 nitrogen and oxygen atoms in total. The van der Waals surface area contributed by atoms with Gasteiger partial charge in [0.05, 0.1) is 5.56 Å². The summed E-state index contributed by atoms with van der Waals surface area (Å²) in [6.45, 7) is -0.00808. The van der Waals surface area contributed by atoms with Gasteiger partial charge in [0.15, 0.2) is 0 Å². The fourth-order valence-corrected chi connectivity index (χ4v) is 2.37. The topological polar surface area (TPSA) is 45.1 Å². The number of nitrogens with zero attached hydrogens (tertiary/aromatic N) is 1. The summed E-state index contributed by atoms with van der Waals surface area (Å²) in [4.78, 5) is 3.76. The highest BCUT2D eigenvalue weighted by Crippen LogP contribution is 2.35. The number of nitrogens with one attached hydrogen (secondary N) is 1. The number of halogens is 3. The lowest BCUT2D eigenvalue weighted by atomic mass is 10.0. The maximum absolute atomic E-state index is 12.8. The van der Waals surface area contributed by atoms with Crippen molar-refractivity contribution in [2.75, 3.05) is 11.9 Å². The lowest BCUT2D eigenvalue weighted by Crippen LogP contribution is -2.28. The van der Waals surface area contributed by atoms with E-state index in [1.54, 1.807) is 0 Å². The van der Waals surface area contributed by atoms with Crippen LogP contribution >= 0.6 is 0 Å². The van der Waals surface area contributed by atoms with Gasteiger partial charge in [-0.3, -0.25) is 0 Å². The first-order valence-electron chi connectivity index (χ1n) is 5.92. The highest BCUT2D eigenvalue weighted by atomic mass is 19.4. The third-order valence-corrected chi connectivity index (χ3v) is 3.33. The van der Waals surface area contributed by atoms with Crippen LogP contribution in [0.3, 0.4) is 0 Å². The van der Waals surface area contributed by atoms with Gasteiger partial charge >= 0.3 is 6.18 Å². The van der Waals surface area contributed by atoms with Crippen LogP contribution in [-0.4, -0.2) is 22.7 Å². The van der Waals surface area contributed by atoms with E-state index in [-0.39, 0.29) is 24.4 Å². The van der Waals surface area contributed by atoms with E-state index in [1.807, 2.05) is 0 Å². The first-order chi connectivity index (χ1) is 8.52. The van der Waals surface area contributed by atoms with E-state index < -0.39 is 11.7 Å². The van der Waals surface area contributed by atoms with Gasteiger partial charge in [-0.1, -0.05) is 6.42 Å². The minimum absolute atomic E-state index is 0.00749. The zero-order valence-electron chi connectivity index (χ0n) is 9.74. The Hall–Kier alpha value is -1.30. The van der Waals surface area contributed by atoms with E-state index >= 15 is 0 Å². The van der Waals surface area contributed by atoms with Crippen molar-refractivity contribution in [1.82, 2.24) is 4.98 Å². The van der Waals surface area contributed by atoms with E-state index in [0.717, 1.165) is 25.3 Å². The Labute approximate surface area is 103 Å². The SMILES string of the molecule is OCC1CCCC1Nc1ncccc1C(F)(F)F. The molecular formula is C12H15F3N2O. The van der Waals surface area contributed by atoms with Crippen molar-refractivity contribution in [1.29, 1.82) is 0 Å². The molecule has 6 heteroatoms. The molecule has 0 saturated heterocycles. The van der Waals surface area contributed by atoms with Gasteiger partial charge in [-0.05, 0) is 25.0 Å². The van der Waals surface area contributed by atoms with Gasteiger partial charge in [-0.2, -0.15) is 13.2 Å². The Morgan fingerprint density at radius 3 is 2.83 bits per heavy atom. The molecule has 18 heavy (non-hydrogen) atoms. The second-order valence-corrected chi connectivity index (χ2v) is 4.52. The van der Waals surface area contributed by atoms with Gasteiger partial charge in [0.25, 0.3) is 0 Å². The number of anilines is 1. The molecule has 2 atom stereocenters. The van der Waals surface area contributed by atoms with Gasteiger partial charge in [0.2, 0.25) is 0 Å². The van der Waals surface area contributed by atoms with Gasteiger partial charge in [0.1, 0.15) is 5.82 Å². The zero-order chi connectivity index (χ0) is 13.2. The summed E-state index contributed by atoms with van der Waals surface area (Å²) in [6, 6.07) is 2.15. The average Bonchev–Trinajstić information content (AvgIpc) is 2.75. The van der Waals surface area contributed by atoms with E-state index in [9.17, 15) is 13.2 Å². The molecule has 0 radical (unpaired) electrons. The first kappa shape index (κ1) is 13.1. The van der Waals surface area contributed by atoms with Crippen LogP contribution in [0.1, 0.15) is 24.8 Å². The molecule has 100 valence electrons. The van der Waals surface area contributed by atoms with Crippen LogP contribution < -0.4 is 5.32 Å². The molecule has 1 aliphatic carbocycles. The molecule has 1 fully saturated rings. The monoisotopic (exact) mass is 260 g/mol. The Balaban J connectivity index is 2.19. The molecule has 1 heterocycles. The third-order valence-electron chi connectivity index (χ3n) is 3.33. The smallest absolute Gasteiger partial charge is 0.396 e. The molecule has 0 spiro atoms. The second kappa shape index (κ2) is 5.14. The molecule has 1 aliphatic rings. The highest BCUT2D eigenvalue weighted by molar-refractivity contribution is 5.46. The molecule has 0 aromatic carbocycles. The van der Waals surface area contributed by atoms with Crippen molar-refractivity contribution in [3.8, 4) is 0 Å². The van der Waals surface area contributed by atoms with Crippen molar-refractivity contribution in [3.63, 3.8) is 0 Å². The maximum atomic E-state index is 12.8. The molecule has 0 amide bonds. The summed E-state index contributed by atoms with van der Waals surface area (Å²) in [5.74, 6) is -0.136. The number of hydrogen-bond acceptors (Lipinski definition) is 3. The summed E-state index contributed by atoms with van der Waals surface area (Å²) in [7, 11) is 0. The quantitative estimate of drug-likeness (QED) is 0.878. The molecule has 1 aromatic rings. The number of pyridine rings is 1. The minimum atomic E-state index is -4.41. The van der Waals surface area contributed by atoms with Crippen molar-refractivity contribution < 1.29 is 18.3 Å². The predicted octanol–water partition coefficient (Wildman–Crippen LogP) is 2.67. The maximum Gasteiger partial charge on any atom is 0.419 e.